The minimum Gasteiger partial charge on any atom is -0.465 e. The third kappa shape index (κ3) is 5.04. The Bertz CT molecular complexity index is 852. The van der Waals surface area contributed by atoms with Gasteiger partial charge in [0.05, 0.1) is 0 Å². The van der Waals surface area contributed by atoms with Gasteiger partial charge >= 0.3 is 6.09 Å². The van der Waals surface area contributed by atoms with E-state index in [1.165, 1.54) is 17.6 Å². The van der Waals surface area contributed by atoms with Crippen LogP contribution in [0.1, 0.15) is 19.3 Å². The number of pyridine rings is 1. The molecule has 1 aliphatic heterocycles. The van der Waals surface area contributed by atoms with E-state index in [0.717, 1.165) is 43.1 Å². The van der Waals surface area contributed by atoms with E-state index < -0.39 is 6.09 Å². The summed E-state index contributed by atoms with van der Waals surface area (Å²) in [6.07, 6.45) is 3.51. The van der Waals surface area contributed by atoms with Gasteiger partial charge in [0.1, 0.15) is 11.7 Å². The summed E-state index contributed by atoms with van der Waals surface area (Å²) in [5.74, 6) is 0.172. The molecule has 0 radical (unpaired) electrons. The molecule has 0 spiro atoms. The van der Waals surface area contributed by atoms with Crippen LogP contribution in [0.5, 0.6) is 0 Å². The number of halogens is 1. The Hall–Kier alpha value is -2.54. The fraction of sp³-hybridized carbons (Fsp3) is 0.450. The molecule has 0 atom stereocenters. The first-order chi connectivity index (χ1) is 13.5. The number of likely N-dealkylation sites (N-methyl/N-ethyl adjacent to an activating group) is 1. The summed E-state index contributed by atoms with van der Waals surface area (Å²) in [6, 6.07) is 8.18. The standard InChI is InChI=1S/C20H25ClN4O3/c1-22-19(26)13-25(20(27)28)9-6-14-4-7-24(8-5-14)17-3-2-15-12-23-18(21)11-16(15)10-17/h2-3,10-12,14H,4-9,13H2,1H3,(H,22,26)(H,27,28). The van der Waals surface area contributed by atoms with E-state index >= 15 is 0 Å². The predicted molar refractivity (Wildman–Crippen MR) is 110 cm³/mol. The Kier molecular flexibility index (Phi) is 6.57. The summed E-state index contributed by atoms with van der Waals surface area (Å²) in [6.45, 7) is 2.13. The normalized spacial score (nSPS) is 14.9. The number of hydrogen-bond donors (Lipinski definition) is 2. The van der Waals surface area contributed by atoms with Crippen LogP contribution in [0.4, 0.5) is 10.5 Å². The molecule has 1 aliphatic rings. The van der Waals surface area contributed by atoms with Gasteiger partial charge in [0, 0.05) is 44.0 Å². The summed E-state index contributed by atoms with van der Waals surface area (Å²) >= 11 is 6.00. The van der Waals surface area contributed by atoms with Crippen LogP contribution < -0.4 is 10.2 Å². The van der Waals surface area contributed by atoms with Crippen molar-refractivity contribution in [3.05, 3.63) is 35.6 Å². The molecule has 7 nitrogen and oxygen atoms in total. The second-order valence-electron chi connectivity index (χ2n) is 7.13. The average Bonchev–Trinajstić information content (AvgIpc) is 2.70. The molecule has 1 aromatic carbocycles. The lowest BCUT2D eigenvalue weighted by atomic mass is 9.93. The molecule has 1 saturated heterocycles. The van der Waals surface area contributed by atoms with Gasteiger partial charge in [-0.2, -0.15) is 0 Å². The molecule has 2 N–H and O–H groups in total. The molecule has 0 aliphatic carbocycles. The van der Waals surface area contributed by atoms with Gasteiger partial charge in [0.15, 0.2) is 0 Å². The monoisotopic (exact) mass is 404 g/mol. The van der Waals surface area contributed by atoms with Crippen LogP contribution >= 0.6 is 11.6 Å². The number of carbonyl (C=O) groups is 2. The van der Waals surface area contributed by atoms with E-state index in [-0.39, 0.29) is 12.5 Å². The van der Waals surface area contributed by atoms with Gasteiger partial charge in [-0.05, 0) is 48.8 Å². The van der Waals surface area contributed by atoms with Gasteiger partial charge in [0.2, 0.25) is 5.91 Å². The number of aromatic nitrogens is 1. The smallest absolute Gasteiger partial charge is 0.407 e. The largest absolute Gasteiger partial charge is 0.465 e. The van der Waals surface area contributed by atoms with E-state index in [4.69, 9.17) is 11.6 Å². The molecule has 0 bridgehead atoms. The number of rotatable bonds is 6. The quantitative estimate of drug-likeness (QED) is 0.722. The molecule has 3 rings (SSSR count). The summed E-state index contributed by atoms with van der Waals surface area (Å²) in [5, 5.41) is 14.4. The van der Waals surface area contributed by atoms with Crippen molar-refractivity contribution in [2.45, 2.75) is 19.3 Å². The highest BCUT2D eigenvalue weighted by Crippen LogP contribution is 2.28. The molecular weight excluding hydrogens is 380 g/mol. The highest BCUT2D eigenvalue weighted by Gasteiger charge is 2.22. The molecule has 150 valence electrons. The van der Waals surface area contributed by atoms with Gasteiger partial charge < -0.3 is 15.3 Å². The number of hydrogen-bond acceptors (Lipinski definition) is 4. The van der Waals surface area contributed by atoms with Gasteiger partial charge in [-0.15, -0.1) is 0 Å². The van der Waals surface area contributed by atoms with Crippen molar-refractivity contribution in [3.63, 3.8) is 0 Å². The molecular formula is C20H25ClN4O3. The van der Waals surface area contributed by atoms with Crippen molar-refractivity contribution in [1.29, 1.82) is 0 Å². The number of carbonyl (C=O) groups excluding carboxylic acids is 1. The Morgan fingerprint density at radius 3 is 2.71 bits per heavy atom. The maximum atomic E-state index is 11.5. The van der Waals surface area contributed by atoms with E-state index in [0.29, 0.717) is 17.6 Å². The zero-order valence-electron chi connectivity index (χ0n) is 15.9. The maximum absolute atomic E-state index is 11.5. The number of fused-ring (bicyclic) bond motifs is 1. The fourth-order valence-corrected chi connectivity index (χ4v) is 3.78. The maximum Gasteiger partial charge on any atom is 0.407 e. The van der Waals surface area contributed by atoms with Gasteiger partial charge in [0.25, 0.3) is 0 Å². The van der Waals surface area contributed by atoms with Crippen molar-refractivity contribution >= 4 is 40.1 Å². The lowest BCUT2D eigenvalue weighted by Crippen LogP contribution is -2.41. The Balaban J connectivity index is 1.54. The molecule has 1 aromatic heterocycles. The summed E-state index contributed by atoms with van der Waals surface area (Å²) in [5.41, 5.74) is 1.17. The highest BCUT2D eigenvalue weighted by molar-refractivity contribution is 6.30. The van der Waals surface area contributed by atoms with Crippen molar-refractivity contribution < 1.29 is 14.7 Å². The Morgan fingerprint density at radius 2 is 2.04 bits per heavy atom. The predicted octanol–water partition coefficient (Wildman–Crippen LogP) is 3.22. The first kappa shape index (κ1) is 20.2. The third-order valence-corrected chi connectivity index (χ3v) is 5.55. The SMILES string of the molecule is CNC(=O)CN(CCC1CCN(c2ccc3cnc(Cl)cc3c2)CC1)C(=O)O. The molecule has 0 saturated carbocycles. The molecule has 2 amide bonds. The van der Waals surface area contributed by atoms with E-state index in [9.17, 15) is 14.7 Å². The first-order valence-electron chi connectivity index (χ1n) is 9.45. The second-order valence-corrected chi connectivity index (χ2v) is 7.52. The van der Waals surface area contributed by atoms with E-state index in [1.807, 2.05) is 6.07 Å². The van der Waals surface area contributed by atoms with Gasteiger partial charge in [-0.25, -0.2) is 9.78 Å². The fourth-order valence-electron chi connectivity index (χ4n) is 3.61. The summed E-state index contributed by atoms with van der Waals surface area (Å²) < 4.78 is 0. The van der Waals surface area contributed by atoms with Gasteiger partial charge in [-0.3, -0.25) is 9.69 Å². The number of carboxylic acid groups (broad SMARTS) is 1. The van der Waals surface area contributed by atoms with Crippen molar-refractivity contribution in [3.8, 4) is 0 Å². The third-order valence-electron chi connectivity index (χ3n) is 5.34. The van der Waals surface area contributed by atoms with Crippen LogP contribution in [0.2, 0.25) is 5.15 Å². The van der Waals surface area contributed by atoms with E-state index in [1.54, 1.807) is 6.20 Å². The average molecular weight is 405 g/mol. The van der Waals surface area contributed by atoms with Crippen LogP contribution in [0, 0.1) is 5.92 Å². The minimum atomic E-state index is -1.05. The molecule has 28 heavy (non-hydrogen) atoms. The summed E-state index contributed by atoms with van der Waals surface area (Å²) in [7, 11) is 1.51. The van der Waals surface area contributed by atoms with Crippen molar-refractivity contribution in [1.82, 2.24) is 15.2 Å². The lowest BCUT2D eigenvalue weighted by molar-refractivity contribution is -0.121. The highest BCUT2D eigenvalue weighted by atomic mass is 35.5. The molecule has 0 unspecified atom stereocenters. The second kappa shape index (κ2) is 9.10. The number of nitrogens with one attached hydrogen (secondary N) is 1. The van der Waals surface area contributed by atoms with Crippen molar-refractivity contribution in [2.75, 3.05) is 38.1 Å². The lowest BCUT2D eigenvalue weighted by Gasteiger charge is -2.34. The van der Waals surface area contributed by atoms with Crippen LogP contribution in [-0.2, 0) is 4.79 Å². The first-order valence-corrected chi connectivity index (χ1v) is 9.83. The van der Waals surface area contributed by atoms with Crippen LogP contribution in [-0.4, -0.2) is 60.2 Å². The Labute approximate surface area is 169 Å². The van der Waals surface area contributed by atoms with Crippen LogP contribution in [0.3, 0.4) is 0 Å². The number of amides is 2. The van der Waals surface area contributed by atoms with Crippen LogP contribution in [0.15, 0.2) is 30.5 Å². The van der Waals surface area contributed by atoms with Gasteiger partial charge in [-0.1, -0.05) is 17.7 Å². The Morgan fingerprint density at radius 1 is 1.29 bits per heavy atom. The van der Waals surface area contributed by atoms with Crippen LogP contribution in [0.25, 0.3) is 10.8 Å². The number of benzene rings is 1. The number of nitrogens with zero attached hydrogens (tertiary/aromatic N) is 3. The zero-order chi connectivity index (χ0) is 20.1. The summed E-state index contributed by atoms with van der Waals surface area (Å²) in [4.78, 5) is 30.4. The number of anilines is 1. The molecule has 2 heterocycles. The van der Waals surface area contributed by atoms with Crippen molar-refractivity contribution in [2.24, 2.45) is 5.92 Å². The minimum absolute atomic E-state index is 0.112. The molecule has 8 heteroatoms. The molecule has 2 aromatic rings. The zero-order valence-corrected chi connectivity index (χ0v) is 16.7. The topological polar surface area (TPSA) is 85.8 Å². The number of piperidine rings is 1. The molecule has 1 fully saturated rings. The van der Waals surface area contributed by atoms with E-state index in [2.05, 4.69) is 33.4 Å².